The summed E-state index contributed by atoms with van der Waals surface area (Å²) < 4.78 is 0. The van der Waals surface area contributed by atoms with Crippen LogP contribution in [0.2, 0.25) is 0 Å². The molecule has 1 amide bonds. The number of nitrogens with one attached hydrogen (secondary N) is 2. The van der Waals surface area contributed by atoms with Crippen LogP contribution in [-0.4, -0.2) is 47.0 Å². The Morgan fingerprint density at radius 3 is 2.86 bits per heavy atom. The summed E-state index contributed by atoms with van der Waals surface area (Å²) >= 11 is 1.47. The summed E-state index contributed by atoms with van der Waals surface area (Å²) in [5.41, 5.74) is 10.0. The Bertz CT molecular complexity index is 1130. The quantitative estimate of drug-likeness (QED) is 0.627. The molecule has 0 spiro atoms. The fraction of sp³-hybridized carbons (Fsp3) is 0.250. The number of carbonyl (C=O) groups is 1. The number of hydrogen-bond acceptors (Lipinski definition) is 6. The number of piperazine rings is 1. The second kappa shape index (κ2) is 7.57. The van der Waals surface area contributed by atoms with Gasteiger partial charge < -0.3 is 20.9 Å². The van der Waals surface area contributed by atoms with Crippen molar-refractivity contribution in [2.24, 2.45) is 5.73 Å². The van der Waals surface area contributed by atoms with Crippen molar-refractivity contribution in [3.63, 3.8) is 0 Å². The van der Waals surface area contributed by atoms with Crippen molar-refractivity contribution in [1.82, 2.24) is 20.2 Å². The second-order valence-corrected chi connectivity index (χ2v) is 7.55. The van der Waals surface area contributed by atoms with Gasteiger partial charge in [-0.05, 0) is 30.2 Å². The van der Waals surface area contributed by atoms with E-state index in [0.717, 1.165) is 24.2 Å². The maximum Gasteiger partial charge on any atom is 0.276 e. The number of nitrogens with two attached hydrogens (primary N) is 1. The first-order valence-electron chi connectivity index (χ1n) is 9.07. The van der Waals surface area contributed by atoms with Gasteiger partial charge in [0.15, 0.2) is 5.69 Å². The van der Waals surface area contributed by atoms with E-state index in [4.69, 9.17) is 5.73 Å². The van der Waals surface area contributed by atoms with Crippen molar-refractivity contribution in [2.75, 3.05) is 26.2 Å². The molecule has 4 rings (SSSR count). The van der Waals surface area contributed by atoms with Crippen LogP contribution in [0.1, 0.15) is 27.2 Å². The Morgan fingerprint density at radius 1 is 1.29 bits per heavy atom. The molecule has 4 N–H and O–H groups in total. The van der Waals surface area contributed by atoms with E-state index in [0.29, 0.717) is 29.7 Å². The number of hydrogen-bond donors (Lipinski definition) is 3. The highest BCUT2D eigenvalue weighted by Gasteiger charge is 2.19. The van der Waals surface area contributed by atoms with Crippen LogP contribution in [0, 0.1) is 6.92 Å². The second-order valence-electron chi connectivity index (χ2n) is 6.80. The van der Waals surface area contributed by atoms with Crippen molar-refractivity contribution in [3.8, 4) is 0 Å². The van der Waals surface area contributed by atoms with Crippen LogP contribution in [0.5, 0.6) is 0 Å². The predicted octanol–water partition coefficient (Wildman–Crippen LogP) is 1.80. The highest BCUT2D eigenvalue weighted by atomic mass is 32.1. The Morgan fingerprint density at radius 2 is 2.07 bits per heavy atom. The van der Waals surface area contributed by atoms with Gasteiger partial charge >= 0.3 is 0 Å². The van der Waals surface area contributed by atoms with Crippen LogP contribution in [0.25, 0.3) is 22.8 Å². The highest BCUT2D eigenvalue weighted by molar-refractivity contribution is 7.09. The van der Waals surface area contributed by atoms with Crippen LogP contribution < -0.4 is 16.6 Å². The van der Waals surface area contributed by atoms with E-state index in [2.05, 4.69) is 15.3 Å². The van der Waals surface area contributed by atoms with Crippen LogP contribution in [0.4, 0.5) is 0 Å². The average Bonchev–Trinajstić information content (AvgIpc) is 3.16. The molecular weight excluding hydrogens is 374 g/mol. The zero-order valence-corrected chi connectivity index (χ0v) is 16.3. The molecule has 144 valence electrons. The molecule has 0 radical (unpaired) electrons. The minimum Gasteiger partial charge on any atom is -0.397 e. The van der Waals surface area contributed by atoms with Gasteiger partial charge in [-0.15, -0.1) is 11.3 Å². The lowest BCUT2D eigenvalue weighted by Gasteiger charge is -2.28. The Labute approximate surface area is 165 Å². The summed E-state index contributed by atoms with van der Waals surface area (Å²) in [5.74, 6) is 0.0171. The monoisotopic (exact) mass is 395 g/mol. The fourth-order valence-electron chi connectivity index (χ4n) is 3.26. The number of fused-ring (bicyclic) bond motifs is 1. The molecule has 2 aromatic heterocycles. The van der Waals surface area contributed by atoms with E-state index < -0.39 is 0 Å². The molecule has 0 saturated carbocycles. The molecule has 0 atom stereocenters. The zero-order chi connectivity index (χ0) is 19.7. The number of nitrogens with zero attached hydrogens (tertiary/aromatic N) is 2. The van der Waals surface area contributed by atoms with Crippen LogP contribution in [0.15, 0.2) is 33.8 Å². The van der Waals surface area contributed by atoms with E-state index in [1.165, 1.54) is 11.3 Å². The zero-order valence-electron chi connectivity index (χ0n) is 15.5. The van der Waals surface area contributed by atoms with E-state index >= 15 is 0 Å². The third kappa shape index (κ3) is 3.56. The van der Waals surface area contributed by atoms with E-state index in [1.54, 1.807) is 6.08 Å². The number of aryl methyl sites for hydroxylation is 1. The third-order valence-corrected chi connectivity index (χ3v) is 5.56. The minimum absolute atomic E-state index is 0.0171. The summed E-state index contributed by atoms with van der Waals surface area (Å²) in [6, 6.07) is 5.60. The normalized spacial score (nSPS) is 15.2. The molecular formula is C20H21N5O2S. The molecule has 3 aromatic rings. The number of rotatable bonds is 3. The molecule has 1 aliphatic heterocycles. The van der Waals surface area contributed by atoms with Gasteiger partial charge in [0.25, 0.3) is 11.5 Å². The summed E-state index contributed by atoms with van der Waals surface area (Å²) in [7, 11) is 0. The number of carbonyl (C=O) groups excluding carboxylic acids is 1. The molecule has 0 bridgehead atoms. The van der Waals surface area contributed by atoms with Gasteiger partial charge in [-0.1, -0.05) is 12.1 Å². The third-order valence-electron chi connectivity index (χ3n) is 4.83. The predicted molar refractivity (Wildman–Crippen MR) is 112 cm³/mol. The van der Waals surface area contributed by atoms with E-state index in [1.807, 2.05) is 40.8 Å². The van der Waals surface area contributed by atoms with Crippen LogP contribution >= 0.6 is 11.3 Å². The van der Waals surface area contributed by atoms with Crippen molar-refractivity contribution in [3.05, 3.63) is 61.7 Å². The van der Waals surface area contributed by atoms with Gasteiger partial charge in [-0.2, -0.15) is 0 Å². The molecule has 1 aliphatic rings. The van der Waals surface area contributed by atoms with E-state index in [9.17, 15) is 9.59 Å². The summed E-state index contributed by atoms with van der Waals surface area (Å²) in [6.07, 6.45) is 1.68. The topological polar surface area (TPSA) is 104 Å². The van der Waals surface area contributed by atoms with E-state index in [-0.39, 0.29) is 22.9 Å². The number of amides is 1. The number of aromatic nitrogens is 2. The molecule has 1 saturated heterocycles. The SMILES string of the molecule is Cc1ccc(/C=C(\N)c2nc3cscc3[nH]c2=O)cc1C(=O)N1CCNCC1. The van der Waals surface area contributed by atoms with Gasteiger partial charge in [0.2, 0.25) is 0 Å². The maximum atomic E-state index is 12.9. The average molecular weight is 395 g/mol. The first-order valence-corrected chi connectivity index (χ1v) is 10.0. The molecule has 0 aliphatic carbocycles. The molecule has 0 unspecified atom stereocenters. The molecule has 1 fully saturated rings. The maximum absolute atomic E-state index is 12.9. The van der Waals surface area contributed by atoms with Gasteiger partial charge in [0, 0.05) is 42.5 Å². The lowest BCUT2D eigenvalue weighted by Crippen LogP contribution is -2.46. The number of H-pyrrole nitrogens is 1. The fourth-order valence-corrected chi connectivity index (χ4v) is 3.96. The van der Waals surface area contributed by atoms with Crippen LogP contribution in [0.3, 0.4) is 0 Å². The van der Waals surface area contributed by atoms with Crippen LogP contribution in [-0.2, 0) is 0 Å². The molecule has 3 heterocycles. The van der Waals surface area contributed by atoms with Crippen molar-refractivity contribution < 1.29 is 4.79 Å². The van der Waals surface area contributed by atoms with Crippen molar-refractivity contribution in [2.45, 2.75) is 6.92 Å². The lowest BCUT2D eigenvalue weighted by molar-refractivity contribution is 0.0735. The van der Waals surface area contributed by atoms with Gasteiger partial charge in [0.05, 0.1) is 16.7 Å². The van der Waals surface area contributed by atoms with Crippen molar-refractivity contribution in [1.29, 1.82) is 0 Å². The summed E-state index contributed by atoms with van der Waals surface area (Å²) in [6.45, 7) is 4.91. The Hall–Kier alpha value is -2.97. The standard InChI is InChI=1S/C20H21N5O2S/c1-12-2-3-13(8-14(12)20(27)25-6-4-22-5-7-25)9-15(21)18-19(26)24-17-11-28-10-16(17)23-18/h2-3,8-11,22H,4-7,21H2,1H3,(H,24,26)/b15-9-. The molecule has 28 heavy (non-hydrogen) atoms. The first-order chi connectivity index (χ1) is 13.5. The number of benzene rings is 1. The van der Waals surface area contributed by atoms with Gasteiger partial charge in [0.1, 0.15) is 0 Å². The summed E-state index contributed by atoms with van der Waals surface area (Å²) in [5, 5.41) is 6.94. The Kier molecular flexibility index (Phi) is 4.97. The molecule has 8 heteroatoms. The Balaban J connectivity index is 1.67. The number of thiophene rings is 1. The smallest absolute Gasteiger partial charge is 0.276 e. The minimum atomic E-state index is -0.330. The molecule has 1 aromatic carbocycles. The largest absolute Gasteiger partial charge is 0.397 e. The number of aromatic amines is 1. The molecule has 7 nitrogen and oxygen atoms in total. The van der Waals surface area contributed by atoms with Gasteiger partial charge in [-0.3, -0.25) is 9.59 Å². The first kappa shape index (κ1) is 18.4. The van der Waals surface area contributed by atoms with Crippen molar-refractivity contribution >= 4 is 40.1 Å². The highest BCUT2D eigenvalue weighted by Crippen LogP contribution is 2.19. The summed E-state index contributed by atoms with van der Waals surface area (Å²) in [4.78, 5) is 34.2. The lowest BCUT2D eigenvalue weighted by atomic mass is 10.0. The van der Waals surface area contributed by atoms with Gasteiger partial charge in [-0.25, -0.2) is 4.98 Å².